The highest BCUT2D eigenvalue weighted by atomic mass is 32.1. The van der Waals surface area contributed by atoms with E-state index in [2.05, 4.69) is 6.92 Å². The maximum absolute atomic E-state index is 10.0. The molecule has 1 saturated heterocycles. The lowest BCUT2D eigenvalue weighted by molar-refractivity contribution is -0.0679. The van der Waals surface area contributed by atoms with Crippen molar-refractivity contribution >= 4 is 17.3 Å². The molecule has 1 aliphatic heterocycles. The van der Waals surface area contributed by atoms with Crippen molar-refractivity contribution in [1.82, 2.24) is 0 Å². The maximum atomic E-state index is 10.0. The molecular formula is C18H34O5S. The van der Waals surface area contributed by atoms with Crippen molar-refractivity contribution in [2.75, 3.05) is 13.2 Å². The van der Waals surface area contributed by atoms with Crippen LogP contribution in [-0.2, 0) is 9.47 Å². The van der Waals surface area contributed by atoms with Crippen LogP contribution in [0.2, 0.25) is 0 Å². The summed E-state index contributed by atoms with van der Waals surface area (Å²) in [6.07, 6.45) is 8.60. The highest BCUT2D eigenvalue weighted by Crippen LogP contribution is 2.21. The fourth-order valence-electron chi connectivity index (χ4n) is 2.97. The summed E-state index contributed by atoms with van der Waals surface area (Å²) in [5, 5.41) is 29.0. The first kappa shape index (κ1) is 21.8. The monoisotopic (exact) mass is 362 g/mol. The van der Waals surface area contributed by atoms with Crippen LogP contribution in [0.1, 0.15) is 71.1 Å². The maximum Gasteiger partial charge on any atom is 0.160 e. The van der Waals surface area contributed by atoms with Crippen LogP contribution in [-0.4, -0.2) is 58.0 Å². The number of hydrogen-bond acceptors (Lipinski definition) is 6. The molecule has 24 heavy (non-hydrogen) atoms. The molecule has 0 unspecified atom stereocenters. The van der Waals surface area contributed by atoms with Crippen LogP contribution in [0.4, 0.5) is 0 Å². The van der Waals surface area contributed by atoms with E-state index in [1.165, 1.54) is 44.9 Å². The van der Waals surface area contributed by atoms with Gasteiger partial charge in [-0.25, -0.2) is 0 Å². The number of rotatable bonds is 13. The van der Waals surface area contributed by atoms with Gasteiger partial charge in [0.2, 0.25) is 0 Å². The molecule has 1 fully saturated rings. The average molecular weight is 363 g/mol. The Morgan fingerprint density at radius 2 is 1.71 bits per heavy atom. The molecule has 0 aliphatic carbocycles. The Labute approximate surface area is 151 Å². The second-order valence-electron chi connectivity index (χ2n) is 6.65. The Balaban J connectivity index is 2.04. The van der Waals surface area contributed by atoms with Gasteiger partial charge in [-0.15, -0.1) is 0 Å². The first-order valence-corrected chi connectivity index (χ1v) is 9.79. The SMILES string of the molecule is CCCCCCCCCCCC(=S)O[C@@H]1CO[C@H]([C@@H](O)CO)[C@@H]1O. The lowest BCUT2D eigenvalue weighted by atomic mass is 10.1. The minimum absolute atomic E-state index is 0.181. The first-order chi connectivity index (χ1) is 11.6. The molecule has 3 N–H and O–H groups in total. The molecule has 5 nitrogen and oxygen atoms in total. The number of aliphatic hydroxyl groups excluding tert-OH is 3. The van der Waals surface area contributed by atoms with E-state index in [-0.39, 0.29) is 6.61 Å². The Morgan fingerprint density at radius 1 is 1.12 bits per heavy atom. The summed E-state index contributed by atoms with van der Waals surface area (Å²) in [6.45, 7) is 1.97. The average Bonchev–Trinajstić information content (AvgIpc) is 2.93. The fraction of sp³-hybridized carbons (Fsp3) is 0.944. The standard InChI is InChI=1S/C18H34O5S/c1-2-3-4-5-6-7-8-9-10-11-16(24)23-15-13-22-18(17(15)21)14(20)12-19/h14-15,17-21H,2-13H2,1H3/t14-,15+,17+,18+/m0/s1. The first-order valence-electron chi connectivity index (χ1n) is 9.38. The van der Waals surface area contributed by atoms with E-state index in [1.54, 1.807) is 0 Å². The smallest absolute Gasteiger partial charge is 0.160 e. The molecule has 0 saturated carbocycles. The Kier molecular flexibility index (Phi) is 11.8. The molecular weight excluding hydrogens is 328 g/mol. The normalized spacial score (nSPS) is 24.9. The lowest BCUT2D eigenvalue weighted by Gasteiger charge is -2.21. The number of hydrogen-bond donors (Lipinski definition) is 3. The van der Waals surface area contributed by atoms with Crippen molar-refractivity contribution in [1.29, 1.82) is 0 Å². The molecule has 0 amide bonds. The van der Waals surface area contributed by atoms with E-state index >= 15 is 0 Å². The van der Waals surface area contributed by atoms with Crippen LogP contribution in [0.3, 0.4) is 0 Å². The van der Waals surface area contributed by atoms with E-state index in [0.717, 1.165) is 12.8 Å². The van der Waals surface area contributed by atoms with Gasteiger partial charge in [-0.3, -0.25) is 0 Å². The number of thiocarbonyl (C=S) groups is 1. The van der Waals surface area contributed by atoms with Crippen molar-refractivity contribution < 1.29 is 24.8 Å². The van der Waals surface area contributed by atoms with Gasteiger partial charge >= 0.3 is 0 Å². The largest absolute Gasteiger partial charge is 0.479 e. The molecule has 4 atom stereocenters. The summed E-state index contributed by atoms with van der Waals surface area (Å²) in [7, 11) is 0. The third-order valence-electron chi connectivity index (χ3n) is 4.50. The van der Waals surface area contributed by atoms with Gasteiger partial charge in [0.05, 0.1) is 13.2 Å². The molecule has 1 aliphatic rings. The van der Waals surface area contributed by atoms with E-state index in [0.29, 0.717) is 11.5 Å². The molecule has 0 spiro atoms. The fourth-order valence-corrected chi connectivity index (χ4v) is 3.24. The van der Waals surface area contributed by atoms with Gasteiger partial charge < -0.3 is 24.8 Å². The van der Waals surface area contributed by atoms with Crippen molar-refractivity contribution in [3.8, 4) is 0 Å². The quantitative estimate of drug-likeness (QED) is 0.345. The molecule has 1 rings (SSSR count). The minimum Gasteiger partial charge on any atom is -0.479 e. The predicted molar refractivity (Wildman–Crippen MR) is 98.2 cm³/mol. The second kappa shape index (κ2) is 13.0. The molecule has 0 radical (unpaired) electrons. The summed E-state index contributed by atoms with van der Waals surface area (Å²) in [4.78, 5) is 0. The van der Waals surface area contributed by atoms with Crippen molar-refractivity contribution in [2.24, 2.45) is 0 Å². The van der Waals surface area contributed by atoms with E-state index in [4.69, 9.17) is 26.8 Å². The van der Waals surface area contributed by atoms with Gasteiger partial charge in [-0.05, 0) is 18.6 Å². The summed E-state index contributed by atoms with van der Waals surface area (Å²) in [6, 6.07) is 0. The van der Waals surface area contributed by atoms with Gasteiger partial charge in [0, 0.05) is 6.42 Å². The topological polar surface area (TPSA) is 79.2 Å². The molecule has 1 heterocycles. The molecule has 6 heteroatoms. The van der Waals surface area contributed by atoms with Crippen LogP contribution in [0.5, 0.6) is 0 Å². The van der Waals surface area contributed by atoms with Crippen LogP contribution < -0.4 is 0 Å². The summed E-state index contributed by atoms with van der Waals surface area (Å²) < 4.78 is 10.9. The molecule has 0 aromatic rings. The van der Waals surface area contributed by atoms with E-state index in [1.807, 2.05) is 0 Å². The predicted octanol–water partition coefficient (Wildman–Crippen LogP) is 2.73. The second-order valence-corrected chi connectivity index (χ2v) is 7.10. The minimum atomic E-state index is -1.10. The number of unbranched alkanes of at least 4 members (excludes halogenated alkanes) is 8. The zero-order chi connectivity index (χ0) is 17.8. The van der Waals surface area contributed by atoms with Crippen molar-refractivity contribution in [2.45, 2.75) is 95.5 Å². The van der Waals surface area contributed by atoms with Gasteiger partial charge in [0.25, 0.3) is 0 Å². The van der Waals surface area contributed by atoms with Crippen molar-refractivity contribution in [3.05, 3.63) is 0 Å². The molecule has 0 bridgehead atoms. The number of ether oxygens (including phenoxy) is 2. The van der Waals surface area contributed by atoms with Gasteiger partial charge in [0.15, 0.2) is 11.2 Å². The van der Waals surface area contributed by atoms with Crippen LogP contribution in [0.15, 0.2) is 0 Å². The molecule has 0 aromatic heterocycles. The zero-order valence-electron chi connectivity index (χ0n) is 14.9. The van der Waals surface area contributed by atoms with Crippen LogP contribution >= 0.6 is 12.2 Å². The highest BCUT2D eigenvalue weighted by molar-refractivity contribution is 7.80. The van der Waals surface area contributed by atoms with E-state index < -0.39 is 31.0 Å². The van der Waals surface area contributed by atoms with Crippen LogP contribution in [0.25, 0.3) is 0 Å². The van der Waals surface area contributed by atoms with Gasteiger partial charge in [-0.1, -0.05) is 58.3 Å². The third-order valence-corrected chi connectivity index (χ3v) is 4.80. The summed E-state index contributed by atoms with van der Waals surface area (Å²) in [5.74, 6) is 0. The zero-order valence-corrected chi connectivity index (χ0v) is 15.7. The lowest BCUT2D eigenvalue weighted by Crippen LogP contribution is -2.41. The van der Waals surface area contributed by atoms with E-state index in [9.17, 15) is 10.2 Å². The molecule has 142 valence electrons. The van der Waals surface area contributed by atoms with Crippen molar-refractivity contribution in [3.63, 3.8) is 0 Å². The Bertz CT molecular complexity index is 339. The highest BCUT2D eigenvalue weighted by Gasteiger charge is 2.41. The van der Waals surface area contributed by atoms with Gasteiger partial charge in [-0.2, -0.15) is 0 Å². The van der Waals surface area contributed by atoms with Gasteiger partial charge in [0.1, 0.15) is 18.3 Å². The third kappa shape index (κ3) is 8.21. The molecule has 0 aromatic carbocycles. The summed E-state index contributed by atoms with van der Waals surface area (Å²) >= 11 is 5.22. The Hall–Kier alpha value is -0.270. The Morgan fingerprint density at radius 3 is 2.29 bits per heavy atom. The van der Waals surface area contributed by atoms with Crippen LogP contribution in [0, 0.1) is 0 Å². The summed E-state index contributed by atoms with van der Waals surface area (Å²) in [5.41, 5.74) is 0. The number of aliphatic hydroxyl groups is 3.